The van der Waals surface area contributed by atoms with Gasteiger partial charge in [0.05, 0.1) is 12.7 Å². The van der Waals surface area contributed by atoms with Crippen molar-refractivity contribution in [1.82, 2.24) is 0 Å². The number of aromatic carboxylic acids is 1. The maximum absolute atomic E-state index is 10.8. The highest BCUT2D eigenvalue weighted by molar-refractivity contribution is 5.89. The number of phenolic OH excluding ortho intramolecular Hbond substituents is 1. The quantitative estimate of drug-likeness (QED) is 0.735. The van der Waals surface area contributed by atoms with Gasteiger partial charge in [0, 0.05) is 6.42 Å². The second-order valence-electron chi connectivity index (χ2n) is 3.20. The van der Waals surface area contributed by atoms with Crippen molar-refractivity contribution < 1.29 is 24.5 Å². The zero-order chi connectivity index (χ0) is 12.1. The van der Waals surface area contributed by atoms with Crippen LogP contribution < -0.4 is 4.74 Å². The molecule has 0 heterocycles. The van der Waals surface area contributed by atoms with E-state index in [0.717, 1.165) is 0 Å². The van der Waals surface area contributed by atoms with Gasteiger partial charge in [0.25, 0.3) is 0 Å². The summed E-state index contributed by atoms with van der Waals surface area (Å²) in [5.74, 6) is -1.12. The van der Waals surface area contributed by atoms with Gasteiger partial charge in [0.2, 0.25) is 0 Å². The number of carbonyl (C=O) groups is 2. The zero-order valence-corrected chi connectivity index (χ0v) is 8.77. The third kappa shape index (κ3) is 2.50. The number of ether oxygens (including phenoxy) is 1. The molecular formula is C11H12O5. The highest BCUT2D eigenvalue weighted by Crippen LogP contribution is 2.32. The van der Waals surface area contributed by atoms with Crippen molar-refractivity contribution in [1.29, 1.82) is 0 Å². The number of carboxylic acids is 1. The molecule has 0 amide bonds. The molecule has 0 saturated heterocycles. The van der Waals surface area contributed by atoms with Crippen LogP contribution in [0, 0.1) is 0 Å². The first-order valence-corrected chi connectivity index (χ1v) is 4.67. The van der Waals surface area contributed by atoms with Crippen LogP contribution in [0.2, 0.25) is 0 Å². The van der Waals surface area contributed by atoms with Gasteiger partial charge < -0.3 is 19.7 Å². The molecule has 0 aliphatic carbocycles. The Balaban J connectivity index is 3.18. The Morgan fingerprint density at radius 3 is 2.69 bits per heavy atom. The van der Waals surface area contributed by atoms with Crippen LogP contribution in [0.5, 0.6) is 11.5 Å². The van der Waals surface area contributed by atoms with Gasteiger partial charge in [-0.3, -0.25) is 0 Å². The lowest BCUT2D eigenvalue weighted by atomic mass is 10.0. The Morgan fingerprint density at radius 2 is 2.19 bits per heavy atom. The van der Waals surface area contributed by atoms with Crippen LogP contribution in [0.25, 0.3) is 0 Å². The average molecular weight is 224 g/mol. The first-order chi connectivity index (χ1) is 7.60. The van der Waals surface area contributed by atoms with Crippen LogP contribution in [0.4, 0.5) is 0 Å². The third-order valence-corrected chi connectivity index (χ3v) is 2.15. The van der Waals surface area contributed by atoms with Gasteiger partial charge in [-0.25, -0.2) is 4.79 Å². The minimum atomic E-state index is -1.11. The second-order valence-corrected chi connectivity index (χ2v) is 3.20. The number of hydrogen-bond donors (Lipinski definition) is 2. The number of aromatic hydroxyl groups is 1. The number of benzene rings is 1. The van der Waals surface area contributed by atoms with Crippen molar-refractivity contribution in [2.45, 2.75) is 12.8 Å². The first-order valence-electron chi connectivity index (χ1n) is 4.67. The number of aryl methyl sites for hydroxylation is 1. The lowest BCUT2D eigenvalue weighted by Crippen LogP contribution is -2.00. The molecule has 0 bridgehead atoms. The Morgan fingerprint density at radius 1 is 1.50 bits per heavy atom. The van der Waals surface area contributed by atoms with E-state index in [-0.39, 0.29) is 29.9 Å². The van der Waals surface area contributed by atoms with Gasteiger partial charge in [0.1, 0.15) is 6.29 Å². The summed E-state index contributed by atoms with van der Waals surface area (Å²) >= 11 is 0. The summed E-state index contributed by atoms with van der Waals surface area (Å²) in [6.45, 7) is 0. The maximum atomic E-state index is 10.8. The van der Waals surface area contributed by atoms with Crippen LogP contribution in [-0.2, 0) is 11.2 Å². The molecule has 0 radical (unpaired) electrons. The molecule has 16 heavy (non-hydrogen) atoms. The summed E-state index contributed by atoms with van der Waals surface area (Å²) in [7, 11) is 1.34. The standard InChI is InChI=1S/C11H12O5/c1-16-9-6-8(11(14)15)5-7(10(9)13)3-2-4-12/h4-6,13H,2-3H2,1H3,(H,14,15). The van der Waals surface area contributed by atoms with E-state index in [2.05, 4.69) is 0 Å². The van der Waals surface area contributed by atoms with Crippen molar-refractivity contribution in [2.75, 3.05) is 7.11 Å². The maximum Gasteiger partial charge on any atom is 0.335 e. The molecule has 1 aromatic carbocycles. The molecule has 0 aliphatic heterocycles. The molecule has 0 atom stereocenters. The van der Waals surface area contributed by atoms with E-state index < -0.39 is 5.97 Å². The number of phenols is 1. The Bertz CT molecular complexity index is 411. The van der Waals surface area contributed by atoms with Gasteiger partial charge in [-0.2, -0.15) is 0 Å². The summed E-state index contributed by atoms with van der Waals surface area (Å²) in [5, 5.41) is 18.5. The van der Waals surface area contributed by atoms with E-state index in [1.807, 2.05) is 0 Å². The molecular weight excluding hydrogens is 212 g/mol. The average Bonchev–Trinajstić information content (AvgIpc) is 2.27. The molecule has 0 aromatic heterocycles. The summed E-state index contributed by atoms with van der Waals surface area (Å²) in [6, 6.07) is 2.58. The fraction of sp³-hybridized carbons (Fsp3) is 0.273. The summed E-state index contributed by atoms with van der Waals surface area (Å²) in [4.78, 5) is 21.0. The minimum absolute atomic E-state index is 0.0237. The number of hydrogen-bond acceptors (Lipinski definition) is 4. The van der Waals surface area contributed by atoms with Crippen molar-refractivity contribution in [3.05, 3.63) is 23.3 Å². The predicted octanol–water partition coefficient (Wildman–Crippen LogP) is 1.23. The summed E-state index contributed by atoms with van der Waals surface area (Å²) in [5.41, 5.74) is 0.416. The number of carboxylic acid groups (broad SMARTS) is 1. The summed E-state index contributed by atoms with van der Waals surface area (Å²) in [6.07, 6.45) is 1.21. The molecule has 0 fully saturated rings. The number of carbonyl (C=O) groups excluding carboxylic acids is 1. The van der Waals surface area contributed by atoms with E-state index in [0.29, 0.717) is 11.8 Å². The largest absolute Gasteiger partial charge is 0.504 e. The molecule has 1 aromatic rings. The molecule has 0 saturated carbocycles. The van der Waals surface area contributed by atoms with Crippen molar-refractivity contribution in [3.63, 3.8) is 0 Å². The topological polar surface area (TPSA) is 83.8 Å². The predicted molar refractivity (Wildman–Crippen MR) is 56.0 cm³/mol. The number of rotatable bonds is 5. The first kappa shape index (κ1) is 12.0. The van der Waals surface area contributed by atoms with Crippen LogP contribution in [-0.4, -0.2) is 29.6 Å². The van der Waals surface area contributed by atoms with Gasteiger partial charge in [-0.1, -0.05) is 0 Å². The molecule has 1 rings (SSSR count). The normalized spacial score (nSPS) is 9.81. The van der Waals surface area contributed by atoms with E-state index >= 15 is 0 Å². The fourth-order valence-electron chi connectivity index (χ4n) is 1.35. The number of methoxy groups -OCH3 is 1. The molecule has 86 valence electrons. The Kier molecular flexibility index (Phi) is 3.88. The third-order valence-electron chi connectivity index (χ3n) is 2.15. The van der Waals surface area contributed by atoms with E-state index in [4.69, 9.17) is 9.84 Å². The molecule has 2 N–H and O–H groups in total. The second kappa shape index (κ2) is 5.16. The fourth-order valence-corrected chi connectivity index (χ4v) is 1.35. The molecule has 0 aliphatic rings. The lowest BCUT2D eigenvalue weighted by Gasteiger charge is -2.09. The van der Waals surface area contributed by atoms with Crippen LogP contribution in [0.1, 0.15) is 22.3 Å². The van der Waals surface area contributed by atoms with E-state index in [9.17, 15) is 14.7 Å². The number of aldehydes is 1. The van der Waals surface area contributed by atoms with Crippen molar-refractivity contribution >= 4 is 12.3 Å². The molecule has 5 nitrogen and oxygen atoms in total. The van der Waals surface area contributed by atoms with Crippen LogP contribution in [0.3, 0.4) is 0 Å². The molecule has 0 spiro atoms. The Labute approximate surface area is 92.3 Å². The van der Waals surface area contributed by atoms with E-state index in [1.165, 1.54) is 19.2 Å². The summed E-state index contributed by atoms with van der Waals surface area (Å²) < 4.78 is 4.85. The van der Waals surface area contributed by atoms with Gasteiger partial charge in [-0.05, 0) is 24.1 Å². The smallest absolute Gasteiger partial charge is 0.335 e. The molecule has 0 unspecified atom stereocenters. The monoisotopic (exact) mass is 224 g/mol. The SMILES string of the molecule is COc1cc(C(=O)O)cc(CCC=O)c1O. The van der Waals surface area contributed by atoms with Crippen molar-refractivity contribution in [3.8, 4) is 11.5 Å². The van der Waals surface area contributed by atoms with Crippen LogP contribution >= 0.6 is 0 Å². The van der Waals surface area contributed by atoms with Gasteiger partial charge >= 0.3 is 5.97 Å². The van der Waals surface area contributed by atoms with E-state index in [1.54, 1.807) is 0 Å². The van der Waals surface area contributed by atoms with Gasteiger partial charge in [-0.15, -0.1) is 0 Å². The van der Waals surface area contributed by atoms with Gasteiger partial charge in [0.15, 0.2) is 11.5 Å². The van der Waals surface area contributed by atoms with Crippen molar-refractivity contribution in [2.24, 2.45) is 0 Å². The minimum Gasteiger partial charge on any atom is -0.504 e. The Hall–Kier alpha value is -2.04. The lowest BCUT2D eigenvalue weighted by molar-refractivity contribution is -0.107. The highest BCUT2D eigenvalue weighted by Gasteiger charge is 2.13. The molecule has 5 heteroatoms. The zero-order valence-electron chi connectivity index (χ0n) is 8.77. The highest BCUT2D eigenvalue weighted by atomic mass is 16.5. The van der Waals surface area contributed by atoms with Crippen LogP contribution in [0.15, 0.2) is 12.1 Å².